The smallest absolute Gasteiger partial charge is 0.282 e. The molecule has 1 atom stereocenters. The highest BCUT2D eigenvalue weighted by Crippen LogP contribution is 2.14. The second kappa shape index (κ2) is 4.76. The summed E-state index contributed by atoms with van der Waals surface area (Å²) in [6, 6.07) is 0. The van der Waals surface area contributed by atoms with Crippen LogP contribution in [0.4, 0.5) is 0 Å². The standard InChI is InChI=1S/C12H16N6O/c1-17-4-5-18(9(13)6-17)7-10-15-11-8(2-3-14-11)12(19)16-10/h2-3,9H,4-7,13H2,1H3. The Kier molecular flexibility index (Phi) is 3.09. The molecule has 1 unspecified atom stereocenters. The minimum absolute atomic E-state index is 0.0548. The Hall–Kier alpha value is -1.70. The minimum atomic E-state index is -0.264. The van der Waals surface area contributed by atoms with Crippen LogP contribution in [-0.2, 0) is 4.79 Å². The summed E-state index contributed by atoms with van der Waals surface area (Å²) >= 11 is 0. The van der Waals surface area contributed by atoms with Gasteiger partial charge in [-0.05, 0) is 13.1 Å². The van der Waals surface area contributed by atoms with Crippen molar-refractivity contribution in [2.24, 2.45) is 20.7 Å². The molecule has 0 aromatic carbocycles. The van der Waals surface area contributed by atoms with Gasteiger partial charge < -0.3 is 10.6 Å². The van der Waals surface area contributed by atoms with Crippen molar-refractivity contribution in [1.82, 2.24) is 9.80 Å². The number of nitrogens with two attached hydrogens (primary N) is 1. The number of likely N-dealkylation sites (N-methyl/N-ethyl adjacent to an activating group) is 1. The van der Waals surface area contributed by atoms with Crippen LogP contribution in [0.5, 0.6) is 0 Å². The molecule has 0 radical (unpaired) electrons. The van der Waals surface area contributed by atoms with Crippen molar-refractivity contribution in [2.45, 2.75) is 6.17 Å². The summed E-state index contributed by atoms with van der Waals surface area (Å²) in [6.07, 6.45) is 3.16. The summed E-state index contributed by atoms with van der Waals surface area (Å²) < 4.78 is 0. The van der Waals surface area contributed by atoms with Gasteiger partial charge in [-0.1, -0.05) is 0 Å². The third-order valence-corrected chi connectivity index (χ3v) is 3.46. The number of hydrogen-bond donors (Lipinski definition) is 1. The van der Waals surface area contributed by atoms with E-state index in [9.17, 15) is 4.79 Å². The normalized spacial score (nSPS) is 28.0. The number of nitrogens with zero attached hydrogens (tertiary/aromatic N) is 5. The summed E-state index contributed by atoms with van der Waals surface area (Å²) in [4.78, 5) is 28.4. The van der Waals surface area contributed by atoms with Crippen LogP contribution in [0.3, 0.4) is 0 Å². The fourth-order valence-corrected chi connectivity index (χ4v) is 2.35. The zero-order chi connectivity index (χ0) is 13.4. The Balaban J connectivity index is 1.72. The quantitative estimate of drug-likeness (QED) is 0.680. The molecule has 3 rings (SSSR count). The number of rotatable bonds is 2. The number of hydrogen-bond acceptors (Lipinski definition) is 6. The summed E-state index contributed by atoms with van der Waals surface area (Å²) in [7, 11) is 2.05. The molecular weight excluding hydrogens is 244 g/mol. The molecule has 0 aromatic heterocycles. The van der Waals surface area contributed by atoms with Crippen LogP contribution in [0.2, 0.25) is 0 Å². The molecule has 19 heavy (non-hydrogen) atoms. The van der Waals surface area contributed by atoms with E-state index in [0.29, 0.717) is 23.8 Å². The maximum atomic E-state index is 11.8. The van der Waals surface area contributed by atoms with Gasteiger partial charge in [0.2, 0.25) is 0 Å². The zero-order valence-corrected chi connectivity index (χ0v) is 10.8. The van der Waals surface area contributed by atoms with E-state index in [2.05, 4.69) is 24.8 Å². The van der Waals surface area contributed by atoms with Gasteiger partial charge in [-0.15, -0.1) is 0 Å². The highest BCUT2D eigenvalue weighted by atomic mass is 16.1. The predicted octanol–water partition coefficient (Wildman–Crippen LogP) is -1.13. The molecule has 7 nitrogen and oxygen atoms in total. The SMILES string of the molecule is CN1CCN(CC2=NC(=O)C3=CC=NC3=N2)C(N)C1. The first-order valence-corrected chi connectivity index (χ1v) is 6.27. The van der Waals surface area contributed by atoms with E-state index in [1.54, 1.807) is 12.3 Å². The second-order valence-electron chi connectivity index (χ2n) is 4.93. The molecule has 3 heterocycles. The van der Waals surface area contributed by atoms with Crippen molar-refractivity contribution >= 4 is 23.8 Å². The van der Waals surface area contributed by atoms with Gasteiger partial charge in [0.25, 0.3) is 5.91 Å². The zero-order valence-electron chi connectivity index (χ0n) is 10.8. The lowest BCUT2D eigenvalue weighted by Gasteiger charge is -2.37. The number of allylic oxidation sites excluding steroid dienone is 1. The molecular formula is C12H16N6O. The van der Waals surface area contributed by atoms with Crippen LogP contribution >= 0.6 is 0 Å². The fraction of sp³-hybridized carbons (Fsp3) is 0.500. The summed E-state index contributed by atoms with van der Waals surface area (Å²) in [5.41, 5.74) is 6.56. The van der Waals surface area contributed by atoms with Crippen LogP contribution in [0, 0.1) is 0 Å². The number of amidine groups is 2. The third-order valence-electron chi connectivity index (χ3n) is 3.46. The first-order valence-electron chi connectivity index (χ1n) is 6.27. The Morgan fingerprint density at radius 2 is 2.26 bits per heavy atom. The molecule has 0 aromatic rings. The molecule has 1 fully saturated rings. The molecule has 1 amide bonds. The van der Waals surface area contributed by atoms with Crippen molar-refractivity contribution in [3.05, 3.63) is 11.6 Å². The molecule has 2 N–H and O–H groups in total. The van der Waals surface area contributed by atoms with Gasteiger partial charge in [0.1, 0.15) is 5.84 Å². The second-order valence-corrected chi connectivity index (χ2v) is 4.93. The van der Waals surface area contributed by atoms with Crippen molar-refractivity contribution in [3.8, 4) is 0 Å². The van der Waals surface area contributed by atoms with Crippen LogP contribution in [0.15, 0.2) is 26.6 Å². The van der Waals surface area contributed by atoms with Crippen LogP contribution in [0.25, 0.3) is 0 Å². The monoisotopic (exact) mass is 260 g/mol. The maximum absolute atomic E-state index is 11.8. The molecule has 100 valence electrons. The van der Waals surface area contributed by atoms with Crippen LogP contribution in [0.1, 0.15) is 0 Å². The highest BCUT2D eigenvalue weighted by Gasteiger charge is 2.27. The van der Waals surface area contributed by atoms with Gasteiger partial charge in [0.15, 0.2) is 5.84 Å². The van der Waals surface area contributed by atoms with E-state index in [1.807, 2.05) is 7.05 Å². The molecule has 3 aliphatic rings. The first kappa shape index (κ1) is 12.3. The molecule has 0 aliphatic carbocycles. The van der Waals surface area contributed by atoms with E-state index >= 15 is 0 Å². The van der Waals surface area contributed by atoms with Gasteiger partial charge in [0.05, 0.1) is 18.3 Å². The van der Waals surface area contributed by atoms with Crippen molar-refractivity contribution in [1.29, 1.82) is 0 Å². The topological polar surface area (TPSA) is 86.6 Å². The highest BCUT2D eigenvalue weighted by molar-refractivity contribution is 6.33. The maximum Gasteiger partial charge on any atom is 0.282 e. The van der Waals surface area contributed by atoms with E-state index in [4.69, 9.17) is 5.73 Å². The fourth-order valence-electron chi connectivity index (χ4n) is 2.35. The van der Waals surface area contributed by atoms with Gasteiger partial charge in [-0.3, -0.25) is 9.69 Å². The lowest BCUT2D eigenvalue weighted by molar-refractivity contribution is -0.113. The molecule has 1 saturated heterocycles. The average Bonchev–Trinajstić information content (AvgIpc) is 2.81. The van der Waals surface area contributed by atoms with Crippen LogP contribution < -0.4 is 5.73 Å². The van der Waals surface area contributed by atoms with E-state index < -0.39 is 0 Å². The summed E-state index contributed by atoms with van der Waals surface area (Å²) in [5, 5.41) is 0. The van der Waals surface area contributed by atoms with Gasteiger partial charge in [-0.25, -0.2) is 9.98 Å². The lowest BCUT2D eigenvalue weighted by Crippen LogP contribution is -2.57. The Morgan fingerprint density at radius 3 is 3.05 bits per heavy atom. The van der Waals surface area contributed by atoms with E-state index in [-0.39, 0.29) is 12.1 Å². The third kappa shape index (κ3) is 2.40. The molecule has 0 saturated carbocycles. The number of carbonyl (C=O) groups is 1. The molecule has 0 bridgehead atoms. The number of amides is 1. The Labute approximate surface area is 111 Å². The van der Waals surface area contributed by atoms with Crippen molar-refractivity contribution < 1.29 is 4.79 Å². The number of piperazine rings is 1. The van der Waals surface area contributed by atoms with Gasteiger partial charge in [0, 0.05) is 25.8 Å². The number of carbonyl (C=O) groups excluding carboxylic acids is 1. The number of aliphatic imine (C=N–C) groups is 3. The largest absolute Gasteiger partial charge is 0.315 e. The lowest BCUT2D eigenvalue weighted by atomic mass is 10.2. The summed E-state index contributed by atoms with van der Waals surface area (Å²) in [5.74, 6) is 0.703. The van der Waals surface area contributed by atoms with Gasteiger partial charge >= 0.3 is 0 Å². The van der Waals surface area contributed by atoms with Crippen molar-refractivity contribution in [3.63, 3.8) is 0 Å². The van der Waals surface area contributed by atoms with E-state index in [1.165, 1.54) is 0 Å². The predicted molar refractivity (Wildman–Crippen MR) is 73.5 cm³/mol. The minimum Gasteiger partial charge on any atom is -0.315 e. The Morgan fingerprint density at radius 1 is 1.42 bits per heavy atom. The van der Waals surface area contributed by atoms with Crippen LogP contribution in [-0.4, -0.2) is 73.0 Å². The molecule has 0 spiro atoms. The van der Waals surface area contributed by atoms with E-state index in [0.717, 1.165) is 19.6 Å². The van der Waals surface area contributed by atoms with Crippen molar-refractivity contribution in [2.75, 3.05) is 33.2 Å². The molecule has 3 aliphatic heterocycles. The molecule has 7 heteroatoms. The summed E-state index contributed by atoms with van der Waals surface area (Å²) in [6.45, 7) is 3.10. The Bertz CT molecular complexity index is 532. The first-order chi connectivity index (χ1) is 9.13. The number of fused-ring (bicyclic) bond motifs is 1. The van der Waals surface area contributed by atoms with Gasteiger partial charge in [-0.2, -0.15) is 4.99 Å². The average molecular weight is 260 g/mol.